The van der Waals surface area contributed by atoms with Crippen LogP contribution in [0.5, 0.6) is 0 Å². The van der Waals surface area contributed by atoms with Crippen LogP contribution in [-0.2, 0) is 0 Å². The summed E-state index contributed by atoms with van der Waals surface area (Å²) in [7, 11) is 0. The molecule has 242 valence electrons. The molecule has 3 heterocycles. The number of para-hydroxylation sites is 5. The number of nitriles is 1. The molecule has 10 rings (SSSR count). The van der Waals surface area contributed by atoms with Gasteiger partial charge in [0.25, 0.3) is 0 Å². The molecule has 0 atom stereocenters. The number of rotatable bonds is 5. The molecule has 0 aliphatic rings. The van der Waals surface area contributed by atoms with Gasteiger partial charge in [-0.1, -0.05) is 115 Å². The molecular formula is C46H28N6. The molecule has 0 bridgehead atoms. The van der Waals surface area contributed by atoms with Gasteiger partial charge in [-0.05, 0) is 54.5 Å². The highest BCUT2D eigenvalue weighted by Gasteiger charge is 2.21. The first-order chi connectivity index (χ1) is 34.1. The number of nitrogens with zero attached hydrogens (tertiary/aromatic N) is 6. The molecule has 0 radical (unpaired) electrons. The molecule has 6 heteroatoms. The molecule has 7 aromatic carbocycles. The molecule has 3 aromatic heterocycles. The summed E-state index contributed by atoms with van der Waals surface area (Å²) in [4.78, 5) is 14.2. The van der Waals surface area contributed by atoms with Crippen molar-refractivity contribution >= 4 is 43.6 Å². The van der Waals surface area contributed by atoms with Crippen LogP contribution >= 0.6 is 0 Å². The van der Waals surface area contributed by atoms with Gasteiger partial charge in [-0.3, -0.25) is 0 Å². The number of hydrogen-bond donors (Lipinski definition) is 0. The quantitative estimate of drug-likeness (QED) is 0.181. The van der Waals surface area contributed by atoms with Crippen molar-refractivity contribution in [2.24, 2.45) is 0 Å². The molecule has 0 saturated carbocycles. The third-order valence-corrected chi connectivity index (χ3v) is 8.43. The maximum absolute atomic E-state index is 10.2. The summed E-state index contributed by atoms with van der Waals surface area (Å²) in [5.74, 6) is -1.16. The van der Waals surface area contributed by atoms with Crippen molar-refractivity contribution in [2.75, 3.05) is 0 Å². The Morgan fingerprint density at radius 1 is 0.462 bits per heavy atom. The van der Waals surface area contributed by atoms with Gasteiger partial charge in [-0.25, -0.2) is 15.0 Å². The summed E-state index contributed by atoms with van der Waals surface area (Å²) in [6.07, 6.45) is 0. The van der Waals surface area contributed by atoms with Crippen molar-refractivity contribution in [2.45, 2.75) is 0 Å². The van der Waals surface area contributed by atoms with Crippen LogP contribution in [0, 0.1) is 11.3 Å². The monoisotopic (exact) mass is 684 g/mol. The van der Waals surface area contributed by atoms with Crippen molar-refractivity contribution in [3.05, 3.63) is 175 Å². The molecule has 0 spiro atoms. The van der Waals surface area contributed by atoms with E-state index >= 15 is 0 Å². The lowest BCUT2D eigenvalue weighted by atomic mass is 10.1. The second kappa shape index (κ2) is 11.9. The topological polar surface area (TPSA) is 72.3 Å². The van der Waals surface area contributed by atoms with Crippen LogP contribution in [0.25, 0.3) is 89.2 Å². The predicted molar refractivity (Wildman–Crippen MR) is 210 cm³/mol. The van der Waals surface area contributed by atoms with Crippen molar-refractivity contribution in [3.63, 3.8) is 0 Å². The van der Waals surface area contributed by atoms with Gasteiger partial charge in [0.05, 0.1) is 72.5 Å². The zero-order chi connectivity index (χ0) is 52.0. The summed E-state index contributed by atoms with van der Waals surface area (Å²) >= 11 is 0. The lowest BCUT2D eigenvalue weighted by Gasteiger charge is -2.16. The van der Waals surface area contributed by atoms with Gasteiger partial charge in [0.15, 0.2) is 17.5 Å². The summed E-state index contributed by atoms with van der Waals surface area (Å²) in [6.45, 7) is 0. The minimum absolute atomic E-state index is 0.00854. The first kappa shape index (κ1) is 15.7. The number of benzene rings is 7. The van der Waals surface area contributed by atoms with E-state index in [2.05, 4.69) is 9.97 Å². The average Bonchev–Trinajstić information content (AvgIpc) is 3.93. The van der Waals surface area contributed by atoms with E-state index in [0.717, 1.165) is 0 Å². The Bertz CT molecular complexity index is 4090. The zero-order valence-electron chi connectivity index (χ0n) is 46.3. The molecule has 0 fully saturated rings. The van der Waals surface area contributed by atoms with Gasteiger partial charge in [-0.15, -0.1) is 0 Å². The lowest BCUT2D eigenvalue weighted by Crippen LogP contribution is -2.05. The van der Waals surface area contributed by atoms with Gasteiger partial charge in [0.2, 0.25) is 0 Å². The van der Waals surface area contributed by atoms with Gasteiger partial charge in [0, 0.05) is 38.2 Å². The highest BCUT2D eigenvalue weighted by molar-refractivity contribution is 6.11. The van der Waals surface area contributed by atoms with E-state index in [1.807, 2.05) is 0 Å². The third-order valence-electron chi connectivity index (χ3n) is 8.43. The van der Waals surface area contributed by atoms with Crippen LogP contribution in [0.15, 0.2) is 169 Å². The SMILES string of the molecule is [2H]c1c([2H])c([2H])c(-c2nc(-c3ccccc3-n3c4c([2H])c([2H])c([2H])c([2H])c4c4c([2H])c([2H])c([2H])c([2H])c43)nc(-c3ccccc3-n3c4c([2H])c([2H])c([2H])c([2H])c4c4c([2H])c([2H])c(C#N)c([2H])c43)n2)c([2H])c1[2H]. The first-order valence-corrected chi connectivity index (χ1v) is 15.6. The van der Waals surface area contributed by atoms with Gasteiger partial charge in [-0.2, -0.15) is 5.26 Å². The molecule has 10 aromatic rings. The van der Waals surface area contributed by atoms with E-state index in [4.69, 9.17) is 31.0 Å². The van der Waals surface area contributed by atoms with Crippen LogP contribution in [0.2, 0.25) is 0 Å². The summed E-state index contributed by atoms with van der Waals surface area (Å²) in [5.41, 5.74) is -2.10. The van der Waals surface area contributed by atoms with E-state index in [1.165, 1.54) is 57.7 Å². The zero-order valence-corrected chi connectivity index (χ0v) is 26.3. The molecule has 0 aliphatic carbocycles. The Hall–Kier alpha value is -7.36. The Kier molecular flexibility index (Phi) is 3.59. The fraction of sp³-hybridized carbons (Fsp3) is 0. The van der Waals surface area contributed by atoms with Crippen molar-refractivity contribution in [3.8, 4) is 51.6 Å². The molecule has 0 unspecified atom stereocenters. The number of hydrogen-bond acceptors (Lipinski definition) is 4. The molecule has 6 nitrogen and oxygen atoms in total. The van der Waals surface area contributed by atoms with E-state index in [0.29, 0.717) is 0 Å². The molecule has 0 saturated heterocycles. The van der Waals surface area contributed by atoms with Crippen molar-refractivity contribution in [1.82, 2.24) is 24.1 Å². The smallest absolute Gasteiger partial charge is 0.166 e. The van der Waals surface area contributed by atoms with E-state index < -0.39 is 138 Å². The molecule has 0 N–H and O–H groups in total. The first-order valence-electron chi connectivity index (χ1n) is 25.6. The largest absolute Gasteiger partial charge is 0.309 e. The minimum Gasteiger partial charge on any atom is -0.309 e. The van der Waals surface area contributed by atoms with Crippen molar-refractivity contribution in [1.29, 1.82) is 5.26 Å². The molecule has 0 aliphatic heterocycles. The summed E-state index contributed by atoms with van der Waals surface area (Å²) < 4.78 is 178. The van der Waals surface area contributed by atoms with Gasteiger partial charge in [0.1, 0.15) is 0 Å². The van der Waals surface area contributed by atoms with Gasteiger partial charge < -0.3 is 9.13 Å². The Morgan fingerprint density at radius 2 is 0.904 bits per heavy atom. The van der Waals surface area contributed by atoms with Crippen LogP contribution in [-0.4, -0.2) is 24.1 Å². The Labute approximate surface area is 327 Å². The van der Waals surface area contributed by atoms with E-state index in [-0.39, 0.29) is 77.8 Å². The highest BCUT2D eigenvalue weighted by Crippen LogP contribution is 2.38. The summed E-state index contributed by atoms with van der Waals surface area (Å²) in [6, 6.07) is 0.499. The number of aromatic nitrogens is 5. The molecular weight excluding hydrogens is 637 g/mol. The Morgan fingerprint density at radius 3 is 1.44 bits per heavy atom. The maximum Gasteiger partial charge on any atom is 0.166 e. The van der Waals surface area contributed by atoms with Crippen LogP contribution in [0.1, 0.15) is 33.0 Å². The van der Waals surface area contributed by atoms with E-state index in [9.17, 15) is 6.63 Å². The highest BCUT2D eigenvalue weighted by atomic mass is 15.1. The second-order valence-corrected chi connectivity index (χ2v) is 11.3. The fourth-order valence-corrected chi connectivity index (χ4v) is 6.28. The second-order valence-electron chi connectivity index (χ2n) is 11.3. The maximum atomic E-state index is 10.2. The fourth-order valence-electron chi connectivity index (χ4n) is 6.28. The van der Waals surface area contributed by atoms with Gasteiger partial charge >= 0.3 is 0 Å². The molecule has 0 amide bonds. The molecule has 52 heavy (non-hydrogen) atoms. The van der Waals surface area contributed by atoms with Crippen LogP contribution < -0.4 is 0 Å². The lowest BCUT2D eigenvalue weighted by molar-refractivity contribution is 1.06. The average molecular weight is 685 g/mol. The Balaban J connectivity index is 1.38. The summed E-state index contributed by atoms with van der Waals surface area (Å²) in [5, 5.41) is 9.22. The third kappa shape index (κ3) is 4.61. The standard InChI is InChI=1S/C46H28N6/c47-29-30-26-27-35-34-18-6-11-23-40(34)52(43(35)28-30)42-25-13-8-20-37(42)46-49-44(31-14-2-1-3-15-31)48-45(50-46)36-19-7-12-24-41(36)51-38-21-9-4-16-32(38)33-17-5-10-22-39(33)51/h1-28H/i1D,2D,3D,4D,5D,6D,9D,10D,11D,14D,15D,16D,17D,18D,21D,22D,23D,26D,27D,28D. The normalized spacial score (nSPS) is 16.8. The predicted octanol–water partition coefficient (Wildman–Crippen LogP) is 10.9. The van der Waals surface area contributed by atoms with Crippen LogP contribution in [0.3, 0.4) is 0 Å². The number of fused-ring (bicyclic) bond motifs is 6. The van der Waals surface area contributed by atoms with E-state index in [1.54, 1.807) is 6.07 Å². The van der Waals surface area contributed by atoms with Crippen LogP contribution in [0.4, 0.5) is 0 Å². The minimum atomic E-state index is -0.750. The van der Waals surface area contributed by atoms with Crippen molar-refractivity contribution < 1.29 is 27.4 Å².